The molecule has 2 heterocycles. The zero-order valence-corrected chi connectivity index (χ0v) is 10.3. The van der Waals surface area contributed by atoms with Gasteiger partial charge in [0.15, 0.2) is 0 Å². The van der Waals surface area contributed by atoms with E-state index >= 15 is 0 Å². The molecule has 90 valence electrons. The third-order valence-corrected chi connectivity index (χ3v) is 3.56. The topological polar surface area (TPSA) is 28.7 Å². The van der Waals surface area contributed by atoms with Gasteiger partial charge in [0.1, 0.15) is 0 Å². The first kappa shape index (κ1) is 10.3. The summed E-state index contributed by atoms with van der Waals surface area (Å²) in [6.45, 7) is 0. The smallest absolute Gasteiger partial charge is 0.0541 e. The second-order valence-corrected chi connectivity index (χ2v) is 4.65. The Morgan fingerprint density at radius 3 is 2.63 bits per heavy atom. The van der Waals surface area contributed by atoms with Crippen LogP contribution in [0.25, 0.3) is 32.8 Å². The van der Waals surface area contributed by atoms with Crippen LogP contribution in [0.2, 0.25) is 0 Å². The van der Waals surface area contributed by atoms with E-state index in [4.69, 9.17) is 0 Å². The van der Waals surface area contributed by atoms with Crippen molar-refractivity contribution in [1.82, 2.24) is 9.97 Å². The minimum Gasteiger partial charge on any atom is -0.360 e. The van der Waals surface area contributed by atoms with Crippen LogP contribution in [0.4, 0.5) is 0 Å². The van der Waals surface area contributed by atoms with Crippen LogP contribution < -0.4 is 0 Å². The van der Waals surface area contributed by atoms with Crippen molar-refractivity contribution < 1.29 is 0 Å². The van der Waals surface area contributed by atoms with E-state index in [-0.39, 0.29) is 0 Å². The Bertz CT molecular complexity index is 860. The fourth-order valence-electron chi connectivity index (χ4n) is 2.63. The molecule has 2 aromatic carbocycles. The first-order chi connectivity index (χ1) is 9.43. The summed E-state index contributed by atoms with van der Waals surface area (Å²) in [6, 6.07) is 16.8. The summed E-state index contributed by atoms with van der Waals surface area (Å²) in [5, 5.41) is 3.64. The standard InChI is InChI=1S/C17H12N2/c1-2-4-12(5-3-1)16-11-19-17-14-8-9-18-10-13(14)6-7-15(16)17/h1-11,19H. The molecule has 1 N–H and O–H groups in total. The average Bonchev–Trinajstić information content (AvgIpc) is 2.92. The maximum Gasteiger partial charge on any atom is 0.0541 e. The summed E-state index contributed by atoms with van der Waals surface area (Å²) in [7, 11) is 0. The fourth-order valence-corrected chi connectivity index (χ4v) is 2.63. The van der Waals surface area contributed by atoms with E-state index in [0.29, 0.717) is 0 Å². The number of benzene rings is 2. The van der Waals surface area contributed by atoms with Crippen LogP contribution >= 0.6 is 0 Å². The summed E-state index contributed by atoms with van der Waals surface area (Å²) in [5.74, 6) is 0. The summed E-state index contributed by atoms with van der Waals surface area (Å²) in [6.07, 6.45) is 5.82. The lowest BCUT2D eigenvalue weighted by Crippen LogP contribution is -1.78. The Kier molecular flexibility index (Phi) is 2.15. The minimum absolute atomic E-state index is 1.16. The molecule has 0 bridgehead atoms. The number of aromatic nitrogens is 2. The molecule has 4 rings (SSSR count). The maximum absolute atomic E-state index is 4.17. The van der Waals surface area contributed by atoms with Crippen LogP contribution in [-0.2, 0) is 0 Å². The van der Waals surface area contributed by atoms with Crippen LogP contribution in [0.3, 0.4) is 0 Å². The van der Waals surface area contributed by atoms with Gasteiger partial charge in [-0.15, -0.1) is 0 Å². The predicted molar refractivity (Wildman–Crippen MR) is 79.0 cm³/mol. The van der Waals surface area contributed by atoms with Crippen LogP contribution in [0, 0.1) is 0 Å². The summed E-state index contributed by atoms with van der Waals surface area (Å²) in [5.41, 5.74) is 3.66. The number of hydrogen-bond acceptors (Lipinski definition) is 1. The summed E-state index contributed by atoms with van der Waals surface area (Å²) in [4.78, 5) is 7.57. The Morgan fingerprint density at radius 2 is 1.74 bits per heavy atom. The van der Waals surface area contributed by atoms with Crippen LogP contribution in [0.5, 0.6) is 0 Å². The second-order valence-electron chi connectivity index (χ2n) is 4.65. The lowest BCUT2D eigenvalue weighted by Gasteiger charge is -2.01. The number of pyridine rings is 1. The van der Waals surface area contributed by atoms with Crippen molar-refractivity contribution in [2.75, 3.05) is 0 Å². The molecular formula is C17H12N2. The molecule has 0 atom stereocenters. The average molecular weight is 244 g/mol. The molecule has 0 aliphatic carbocycles. The van der Waals surface area contributed by atoms with Gasteiger partial charge >= 0.3 is 0 Å². The number of nitrogens with one attached hydrogen (secondary N) is 1. The Balaban J connectivity index is 2.08. The fraction of sp³-hybridized carbons (Fsp3) is 0. The minimum atomic E-state index is 1.16. The SMILES string of the molecule is c1ccc(-c2c[nH]c3c2ccc2cnccc23)cc1. The molecule has 0 fully saturated rings. The van der Waals surface area contributed by atoms with E-state index in [0.717, 1.165) is 5.39 Å². The zero-order chi connectivity index (χ0) is 12.7. The van der Waals surface area contributed by atoms with Crippen molar-refractivity contribution in [3.05, 3.63) is 67.1 Å². The number of H-pyrrole nitrogens is 1. The highest BCUT2D eigenvalue weighted by Crippen LogP contribution is 2.32. The zero-order valence-electron chi connectivity index (χ0n) is 10.3. The number of nitrogens with zero attached hydrogens (tertiary/aromatic N) is 1. The number of rotatable bonds is 1. The van der Waals surface area contributed by atoms with E-state index in [2.05, 4.69) is 58.6 Å². The molecule has 2 heteroatoms. The third kappa shape index (κ3) is 1.54. The second kappa shape index (κ2) is 3.95. The van der Waals surface area contributed by atoms with Gasteiger partial charge in [0.2, 0.25) is 0 Å². The molecule has 19 heavy (non-hydrogen) atoms. The quantitative estimate of drug-likeness (QED) is 0.528. The number of fused-ring (bicyclic) bond motifs is 3. The van der Waals surface area contributed by atoms with Crippen LogP contribution in [-0.4, -0.2) is 9.97 Å². The van der Waals surface area contributed by atoms with E-state index in [1.165, 1.54) is 27.4 Å². The van der Waals surface area contributed by atoms with Gasteiger partial charge in [-0.05, 0) is 11.6 Å². The number of hydrogen-bond donors (Lipinski definition) is 1. The van der Waals surface area contributed by atoms with Gasteiger partial charge in [0.25, 0.3) is 0 Å². The van der Waals surface area contributed by atoms with Crippen molar-refractivity contribution >= 4 is 21.7 Å². The molecular weight excluding hydrogens is 232 g/mol. The Labute approximate surface area is 110 Å². The lowest BCUT2D eigenvalue weighted by atomic mass is 10.0. The Hall–Kier alpha value is -2.61. The molecule has 0 aliphatic heterocycles. The van der Waals surface area contributed by atoms with Gasteiger partial charge in [-0.3, -0.25) is 4.98 Å². The largest absolute Gasteiger partial charge is 0.360 e. The highest BCUT2D eigenvalue weighted by Gasteiger charge is 2.08. The highest BCUT2D eigenvalue weighted by atomic mass is 14.7. The number of aromatic amines is 1. The molecule has 0 aliphatic rings. The van der Waals surface area contributed by atoms with Crippen molar-refractivity contribution in [3.63, 3.8) is 0 Å². The van der Waals surface area contributed by atoms with Gasteiger partial charge < -0.3 is 4.98 Å². The molecule has 0 radical (unpaired) electrons. The van der Waals surface area contributed by atoms with Gasteiger partial charge in [-0.2, -0.15) is 0 Å². The Morgan fingerprint density at radius 1 is 0.842 bits per heavy atom. The molecule has 0 saturated carbocycles. The van der Waals surface area contributed by atoms with Gasteiger partial charge in [-0.25, -0.2) is 0 Å². The van der Waals surface area contributed by atoms with E-state index in [1.54, 1.807) is 0 Å². The van der Waals surface area contributed by atoms with E-state index in [1.807, 2.05) is 18.5 Å². The van der Waals surface area contributed by atoms with Gasteiger partial charge in [0.05, 0.1) is 5.52 Å². The monoisotopic (exact) mass is 244 g/mol. The molecule has 0 saturated heterocycles. The molecule has 2 nitrogen and oxygen atoms in total. The molecule has 0 unspecified atom stereocenters. The van der Waals surface area contributed by atoms with Crippen molar-refractivity contribution in [3.8, 4) is 11.1 Å². The van der Waals surface area contributed by atoms with Crippen LogP contribution in [0.1, 0.15) is 0 Å². The maximum atomic E-state index is 4.17. The van der Waals surface area contributed by atoms with E-state index in [9.17, 15) is 0 Å². The van der Waals surface area contributed by atoms with Crippen molar-refractivity contribution in [2.24, 2.45) is 0 Å². The van der Waals surface area contributed by atoms with Gasteiger partial charge in [0, 0.05) is 40.3 Å². The third-order valence-electron chi connectivity index (χ3n) is 3.56. The normalized spacial score (nSPS) is 11.2. The molecule has 0 spiro atoms. The highest BCUT2D eigenvalue weighted by molar-refractivity contribution is 6.10. The summed E-state index contributed by atoms with van der Waals surface area (Å²) < 4.78 is 0. The molecule has 4 aromatic rings. The molecule has 2 aromatic heterocycles. The first-order valence-corrected chi connectivity index (χ1v) is 6.33. The predicted octanol–water partition coefficient (Wildman–Crippen LogP) is 4.38. The first-order valence-electron chi connectivity index (χ1n) is 6.33. The van der Waals surface area contributed by atoms with Crippen molar-refractivity contribution in [1.29, 1.82) is 0 Å². The lowest BCUT2D eigenvalue weighted by molar-refractivity contribution is 1.36. The van der Waals surface area contributed by atoms with Crippen LogP contribution in [0.15, 0.2) is 67.1 Å². The molecule has 0 amide bonds. The van der Waals surface area contributed by atoms with E-state index < -0.39 is 0 Å². The summed E-state index contributed by atoms with van der Waals surface area (Å²) >= 11 is 0. The van der Waals surface area contributed by atoms with Gasteiger partial charge in [-0.1, -0.05) is 42.5 Å². The van der Waals surface area contributed by atoms with Crippen molar-refractivity contribution in [2.45, 2.75) is 0 Å².